The summed E-state index contributed by atoms with van der Waals surface area (Å²) in [7, 11) is 0.0582. The van der Waals surface area contributed by atoms with Gasteiger partial charge in [0.2, 0.25) is 0 Å². The standard InChI is InChI=1S/C23H32OSi/c1-3-5-16-24-22-13-11-20(12-14-22)19-7-9-21(10-8-19)23-15-6-18(4-2)17-25-23/h7-14,18,23H,3-6,15-17,25H2,1-2H3. The van der Waals surface area contributed by atoms with E-state index in [1.165, 1.54) is 36.8 Å². The van der Waals surface area contributed by atoms with Crippen molar-refractivity contribution in [3.8, 4) is 16.9 Å². The summed E-state index contributed by atoms with van der Waals surface area (Å²) >= 11 is 0. The van der Waals surface area contributed by atoms with E-state index in [2.05, 4.69) is 62.4 Å². The van der Waals surface area contributed by atoms with Crippen LogP contribution in [0.1, 0.15) is 57.1 Å². The molecule has 1 fully saturated rings. The molecular formula is C23H32OSi. The molecule has 2 aromatic carbocycles. The molecule has 0 bridgehead atoms. The molecule has 134 valence electrons. The van der Waals surface area contributed by atoms with Crippen LogP contribution in [0.3, 0.4) is 0 Å². The van der Waals surface area contributed by atoms with E-state index in [1.807, 2.05) is 0 Å². The minimum atomic E-state index is 0.0582. The van der Waals surface area contributed by atoms with Crippen molar-refractivity contribution < 1.29 is 4.74 Å². The Morgan fingerprint density at radius 3 is 2.16 bits per heavy atom. The Balaban J connectivity index is 1.60. The van der Waals surface area contributed by atoms with E-state index >= 15 is 0 Å². The lowest BCUT2D eigenvalue weighted by Crippen LogP contribution is -2.19. The Hall–Kier alpha value is -1.54. The zero-order valence-electron chi connectivity index (χ0n) is 15.8. The van der Waals surface area contributed by atoms with E-state index in [0.29, 0.717) is 0 Å². The summed E-state index contributed by atoms with van der Waals surface area (Å²) in [6, 6.07) is 19.5. The lowest BCUT2D eigenvalue weighted by Gasteiger charge is -2.27. The number of unbranched alkanes of at least 4 members (excludes halogenated alkanes) is 1. The summed E-state index contributed by atoms with van der Waals surface area (Å²) in [4.78, 5) is 0. The van der Waals surface area contributed by atoms with Gasteiger partial charge in [0, 0.05) is 9.52 Å². The highest BCUT2D eigenvalue weighted by atomic mass is 28.2. The minimum Gasteiger partial charge on any atom is -0.494 e. The zero-order valence-corrected chi connectivity index (χ0v) is 17.3. The molecule has 3 rings (SSSR count). The largest absolute Gasteiger partial charge is 0.494 e. The number of ether oxygens (including phenoxy) is 1. The molecule has 0 aromatic heterocycles. The molecule has 0 saturated carbocycles. The molecule has 25 heavy (non-hydrogen) atoms. The molecule has 2 heteroatoms. The second kappa shape index (κ2) is 9.24. The summed E-state index contributed by atoms with van der Waals surface area (Å²) in [5, 5.41) is 0. The van der Waals surface area contributed by atoms with Gasteiger partial charge in [-0.1, -0.05) is 75.6 Å². The van der Waals surface area contributed by atoms with Crippen LogP contribution in [0.5, 0.6) is 5.75 Å². The molecule has 0 N–H and O–H groups in total. The Labute approximate surface area is 155 Å². The average Bonchev–Trinajstić information content (AvgIpc) is 2.69. The highest BCUT2D eigenvalue weighted by Crippen LogP contribution is 2.33. The van der Waals surface area contributed by atoms with Crippen LogP contribution in [-0.2, 0) is 0 Å². The molecule has 1 aliphatic rings. The molecular weight excluding hydrogens is 320 g/mol. The molecule has 1 saturated heterocycles. The van der Waals surface area contributed by atoms with Crippen LogP contribution in [0.2, 0.25) is 6.04 Å². The van der Waals surface area contributed by atoms with Crippen LogP contribution < -0.4 is 4.74 Å². The summed E-state index contributed by atoms with van der Waals surface area (Å²) < 4.78 is 5.76. The molecule has 0 aliphatic carbocycles. The van der Waals surface area contributed by atoms with Gasteiger partial charge in [0.25, 0.3) is 0 Å². The molecule has 0 spiro atoms. The monoisotopic (exact) mass is 352 g/mol. The van der Waals surface area contributed by atoms with Crippen molar-refractivity contribution >= 4 is 9.52 Å². The quantitative estimate of drug-likeness (QED) is 0.440. The van der Waals surface area contributed by atoms with Crippen LogP contribution in [-0.4, -0.2) is 16.1 Å². The summed E-state index contributed by atoms with van der Waals surface area (Å²) in [5.74, 6) is 2.01. The van der Waals surface area contributed by atoms with Crippen molar-refractivity contribution in [1.29, 1.82) is 0 Å². The van der Waals surface area contributed by atoms with Gasteiger partial charge in [-0.05, 0) is 53.1 Å². The van der Waals surface area contributed by atoms with Gasteiger partial charge in [0.05, 0.1) is 6.61 Å². The van der Waals surface area contributed by atoms with Gasteiger partial charge in [-0.25, -0.2) is 0 Å². The molecule has 0 amide bonds. The topological polar surface area (TPSA) is 9.23 Å². The molecule has 1 aliphatic heterocycles. The highest BCUT2D eigenvalue weighted by molar-refractivity contribution is 6.38. The fourth-order valence-corrected chi connectivity index (χ4v) is 6.63. The molecule has 2 unspecified atom stereocenters. The fourth-order valence-electron chi connectivity index (χ4n) is 3.93. The van der Waals surface area contributed by atoms with E-state index in [4.69, 9.17) is 4.74 Å². The number of hydrogen-bond acceptors (Lipinski definition) is 1. The number of hydrogen-bond donors (Lipinski definition) is 0. The predicted molar refractivity (Wildman–Crippen MR) is 111 cm³/mol. The Morgan fingerprint density at radius 2 is 1.60 bits per heavy atom. The lowest BCUT2D eigenvalue weighted by atomic mass is 9.96. The maximum atomic E-state index is 5.76. The normalized spacial score (nSPS) is 21.4. The summed E-state index contributed by atoms with van der Waals surface area (Å²) in [5.41, 5.74) is 5.09. The van der Waals surface area contributed by atoms with Crippen LogP contribution in [0.4, 0.5) is 0 Å². The van der Waals surface area contributed by atoms with Crippen molar-refractivity contribution in [3.05, 3.63) is 54.1 Å². The first-order valence-electron chi connectivity index (χ1n) is 10.1. The van der Waals surface area contributed by atoms with E-state index in [1.54, 1.807) is 11.6 Å². The van der Waals surface area contributed by atoms with Gasteiger partial charge in [-0.2, -0.15) is 0 Å². The third kappa shape index (κ3) is 4.98. The second-order valence-corrected chi connectivity index (χ2v) is 9.61. The van der Waals surface area contributed by atoms with E-state index in [-0.39, 0.29) is 9.52 Å². The first-order valence-corrected chi connectivity index (χ1v) is 11.9. The van der Waals surface area contributed by atoms with Gasteiger partial charge in [-0.15, -0.1) is 0 Å². The van der Waals surface area contributed by atoms with Crippen molar-refractivity contribution in [1.82, 2.24) is 0 Å². The van der Waals surface area contributed by atoms with E-state index < -0.39 is 0 Å². The third-order valence-corrected chi connectivity index (χ3v) is 8.49. The maximum absolute atomic E-state index is 5.76. The Kier molecular flexibility index (Phi) is 6.74. The van der Waals surface area contributed by atoms with Crippen LogP contribution in [0.15, 0.2) is 48.5 Å². The van der Waals surface area contributed by atoms with Crippen molar-refractivity contribution in [2.24, 2.45) is 5.92 Å². The van der Waals surface area contributed by atoms with Crippen molar-refractivity contribution in [2.45, 2.75) is 57.5 Å². The number of rotatable bonds is 7. The van der Waals surface area contributed by atoms with Crippen LogP contribution in [0.25, 0.3) is 11.1 Å². The van der Waals surface area contributed by atoms with Gasteiger partial charge in [-0.3, -0.25) is 0 Å². The van der Waals surface area contributed by atoms with E-state index in [0.717, 1.165) is 30.2 Å². The lowest BCUT2D eigenvalue weighted by molar-refractivity contribution is 0.309. The van der Waals surface area contributed by atoms with E-state index in [9.17, 15) is 0 Å². The van der Waals surface area contributed by atoms with Gasteiger partial charge < -0.3 is 4.74 Å². The third-order valence-electron chi connectivity index (χ3n) is 5.76. The first-order chi connectivity index (χ1) is 12.3. The Bertz CT molecular complexity index is 624. The summed E-state index contributed by atoms with van der Waals surface area (Å²) in [6.45, 7) is 5.36. The Morgan fingerprint density at radius 1 is 0.920 bits per heavy atom. The first kappa shape index (κ1) is 18.3. The van der Waals surface area contributed by atoms with Crippen LogP contribution >= 0.6 is 0 Å². The van der Waals surface area contributed by atoms with Gasteiger partial charge >= 0.3 is 0 Å². The summed E-state index contributed by atoms with van der Waals surface area (Å²) in [6.07, 6.45) is 6.54. The van der Waals surface area contributed by atoms with Gasteiger partial charge in [0.1, 0.15) is 5.75 Å². The molecule has 1 heterocycles. The van der Waals surface area contributed by atoms with Crippen molar-refractivity contribution in [3.63, 3.8) is 0 Å². The van der Waals surface area contributed by atoms with Gasteiger partial charge in [0.15, 0.2) is 0 Å². The second-order valence-electron chi connectivity index (χ2n) is 7.47. The van der Waals surface area contributed by atoms with Crippen LogP contribution in [0, 0.1) is 5.92 Å². The smallest absolute Gasteiger partial charge is 0.119 e. The fraction of sp³-hybridized carbons (Fsp3) is 0.478. The van der Waals surface area contributed by atoms with Crippen molar-refractivity contribution in [2.75, 3.05) is 6.61 Å². The maximum Gasteiger partial charge on any atom is 0.119 e. The minimum absolute atomic E-state index is 0.0582. The number of benzene rings is 2. The predicted octanol–water partition coefficient (Wildman–Crippen LogP) is 5.98. The molecule has 1 nitrogen and oxygen atoms in total. The molecule has 2 atom stereocenters. The highest BCUT2D eigenvalue weighted by Gasteiger charge is 2.21. The SMILES string of the molecule is CCCCOc1ccc(-c2ccc(C3CCC(CC)C[SiH2]3)cc2)cc1. The average molecular weight is 353 g/mol. The zero-order chi connectivity index (χ0) is 17.5. The molecule has 2 aromatic rings. The molecule has 0 radical (unpaired) electrons.